The predicted molar refractivity (Wildman–Crippen MR) is 90.4 cm³/mol. The summed E-state index contributed by atoms with van der Waals surface area (Å²) in [5.41, 5.74) is 1.80. The lowest BCUT2D eigenvalue weighted by molar-refractivity contribution is 0.415. The smallest absolute Gasteiger partial charge is 0.213 e. The van der Waals surface area contributed by atoms with Crippen LogP contribution >= 0.6 is 11.3 Å². The van der Waals surface area contributed by atoms with Crippen molar-refractivity contribution in [3.05, 3.63) is 47.3 Å². The molecule has 0 N–H and O–H groups in total. The Bertz CT molecular complexity index is 910. The van der Waals surface area contributed by atoms with Crippen molar-refractivity contribution in [1.82, 2.24) is 4.57 Å². The maximum Gasteiger partial charge on any atom is 0.213 e. The molecule has 1 aromatic heterocycles. The minimum atomic E-state index is 0.722. The van der Waals surface area contributed by atoms with Gasteiger partial charge in [0.25, 0.3) is 0 Å². The van der Waals surface area contributed by atoms with Crippen LogP contribution in [-0.4, -0.2) is 18.8 Å². The van der Waals surface area contributed by atoms with Crippen LogP contribution in [0, 0.1) is 0 Å². The van der Waals surface area contributed by atoms with Gasteiger partial charge in [-0.25, -0.2) is 0 Å². The van der Waals surface area contributed by atoms with E-state index in [4.69, 9.17) is 9.47 Å². The second kappa shape index (κ2) is 6.62. The zero-order valence-corrected chi connectivity index (χ0v) is 13.9. The number of hydrogen-bond acceptors (Lipinski definition) is 5. The highest BCUT2D eigenvalue weighted by molar-refractivity contribution is 7.16. The number of methoxy groups -OCH3 is 2. The van der Waals surface area contributed by atoms with Crippen molar-refractivity contribution in [2.75, 3.05) is 14.2 Å². The first-order valence-corrected chi connectivity index (χ1v) is 7.75. The van der Waals surface area contributed by atoms with E-state index >= 15 is 0 Å². The molecule has 23 heavy (non-hydrogen) atoms. The summed E-state index contributed by atoms with van der Waals surface area (Å²) in [5, 5.41) is 12.2. The molecule has 0 unspecified atom stereocenters. The number of aryl methyl sites for hydroxylation is 1. The number of nitrogens with zero attached hydrogens (tertiary/aromatic N) is 4. The molecule has 7 heteroatoms. The van der Waals surface area contributed by atoms with Gasteiger partial charge in [-0.3, -0.25) is 0 Å². The summed E-state index contributed by atoms with van der Waals surface area (Å²) in [6, 6.07) is 13.2. The Balaban J connectivity index is 1.90. The SMILES string of the molecule is COc1ccc(N=N/N=c2/sc3cc(OC)ccc3n2C)cc1. The summed E-state index contributed by atoms with van der Waals surface area (Å²) in [6.45, 7) is 0. The predicted octanol–water partition coefficient (Wildman–Crippen LogP) is 3.86. The Kier molecular flexibility index (Phi) is 4.38. The van der Waals surface area contributed by atoms with E-state index < -0.39 is 0 Å². The Morgan fingerprint density at radius 2 is 1.65 bits per heavy atom. The van der Waals surface area contributed by atoms with Gasteiger partial charge < -0.3 is 14.0 Å². The molecule has 2 aromatic carbocycles. The van der Waals surface area contributed by atoms with Gasteiger partial charge in [-0.15, -0.1) is 10.2 Å². The minimum absolute atomic E-state index is 0.722. The van der Waals surface area contributed by atoms with Crippen molar-refractivity contribution in [3.63, 3.8) is 0 Å². The number of rotatable bonds is 4. The second-order valence-electron chi connectivity index (χ2n) is 4.76. The van der Waals surface area contributed by atoms with E-state index in [1.807, 2.05) is 54.1 Å². The van der Waals surface area contributed by atoms with Crippen molar-refractivity contribution in [2.24, 2.45) is 22.5 Å². The van der Waals surface area contributed by atoms with Crippen molar-refractivity contribution < 1.29 is 9.47 Å². The van der Waals surface area contributed by atoms with Crippen LogP contribution < -0.4 is 14.3 Å². The van der Waals surface area contributed by atoms with Gasteiger partial charge >= 0.3 is 0 Å². The zero-order chi connectivity index (χ0) is 16.2. The van der Waals surface area contributed by atoms with Gasteiger partial charge in [-0.2, -0.15) is 0 Å². The van der Waals surface area contributed by atoms with E-state index in [0.717, 1.165) is 32.2 Å². The van der Waals surface area contributed by atoms with E-state index in [0.29, 0.717) is 0 Å². The Hall–Kier alpha value is -2.67. The van der Waals surface area contributed by atoms with E-state index in [1.54, 1.807) is 14.2 Å². The van der Waals surface area contributed by atoms with Crippen LogP contribution in [0.15, 0.2) is 57.9 Å². The molecule has 3 rings (SSSR count). The largest absolute Gasteiger partial charge is 0.497 e. The Labute approximate surface area is 137 Å². The average Bonchev–Trinajstić information content (AvgIpc) is 2.91. The third-order valence-electron chi connectivity index (χ3n) is 3.38. The van der Waals surface area contributed by atoms with Crippen molar-refractivity contribution in [3.8, 4) is 11.5 Å². The monoisotopic (exact) mass is 328 g/mol. The van der Waals surface area contributed by atoms with E-state index in [1.165, 1.54) is 11.3 Å². The standard InChI is InChI=1S/C16H16N4O2S/c1-20-14-9-8-13(22-3)10-15(14)23-16(20)18-19-17-11-4-6-12(21-2)7-5-11/h4-10H,1-3H3/b18-16+,19-17?. The highest BCUT2D eigenvalue weighted by atomic mass is 32.1. The number of benzene rings is 2. The average molecular weight is 328 g/mol. The summed E-state index contributed by atoms with van der Waals surface area (Å²) in [4.78, 5) is 0.769. The molecule has 0 bridgehead atoms. The molecule has 0 radical (unpaired) electrons. The second-order valence-corrected chi connectivity index (χ2v) is 5.77. The van der Waals surface area contributed by atoms with Gasteiger partial charge in [0.1, 0.15) is 11.5 Å². The highest BCUT2D eigenvalue weighted by Crippen LogP contribution is 2.22. The quantitative estimate of drug-likeness (QED) is 0.539. The first-order chi connectivity index (χ1) is 11.2. The molecule has 0 atom stereocenters. The molecule has 0 aliphatic carbocycles. The summed E-state index contributed by atoms with van der Waals surface area (Å²) >= 11 is 1.54. The van der Waals surface area contributed by atoms with Crippen molar-refractivity contribution in [1.29, 1.82) is 0 Å². The van der Waals surface area contributed by atoms with Gasteiger partial charge in [0.15, 0.2) is 0 Å². The lowest BCUT2D eigenvalue weighted by Gasteiger charge is -1.99. The van der Waals surface area contributed by atoms with Crippen LogP contribution in [-0.2, 0) is 7.05 Å². The fourth-order valence-corrected chi connectivity index (χ4v) is 3.09. The highest BCUT2D eigenvalue weighted by Gasteiger charge is 2.04. The maximum atomic E-state index is 5.24. The molecule has 0 fully saturated rings. The van der Waals surface area contributed by atoms with Crippen LogP contribution in [0.4, 0.5) is 5.69 Å². The van der Waals surface area contributed by atoms with Crippen LogP contribution in [0.3, 0.4) is 0 Å². The minimum Gasteiger partial charge on any atom is -0.497 e. The van der Waals surface area contributed by atoms with Crippen LogP contribution in [0.25, 0.3) is 10.2 Å². The number of aromatic nitrogens is 1. The lowest BCUT2D eigenvalue weighted by Crippen LogP contribution is -2.08. The van der Waals surface area contributed by atoms with Gasteiger partial charge in [0.05, 0.1) is 30.1 Å². The summed E-state index contributed by atoms with van der Waals surface area (Å²) in [5.74, 6) is 1.61. The van der Waals surface area contributed by atoms with Gasteiger partial charge in [-0.1, -0.05) is 11.3 Å². The number of thiazole rings is 1. The Morgan fingerprint density at radius 3 is 2.35 bits per heavy atom. The first kappa shape index (κ1) is 15.2. The molecule has 0 spiro atoms. The lowest BCUT2D eigenvalue weighted by atomic mass is 10.3. The van der Waals surface area contributed by atoms with E-state index in [2.05, 4.69) is 15.4 Å². The molecular weight excluding hydrogens is 312 g/mol. The molecule has 0 amide bonds. The molecule has 0 saturated carbocycles. The molecule has 0 aliphatic rings. The van der Waals surface area contributed by atoms with Crippen molar-refractivity contribution in [2.45, 2.75) is 0 Å². The normalized spacial score (nSPS) is 12.2. The van der Waals surface area contributed by atoms with E-state index in [-0.39, 0.29) is 0 Å². The molecule has 0 aliphatic heterocycles. The zero-order valence-electron chi connectivity index (χ0n) is 13.1. The van der Waals surface area contributed by atoms with Crippen LogP contribution in [0.2, 0.25) is 0 Å². The van der Waals surface area contributed by atoms with E-state index in [9.17, 15) is 0 Å². The summed E-state index contributed by atoms with van der Waals surface area (Å²) in [6.07, 6.45) is 0. The third-order valence-corrected chi connectivity index (χ3v) is 4.46. The molecule has 3 aromatic rings. The number of fused-ring (bicyclic) bond motifs is 1. The van der Waals surface area contributed by atoms with Gasteiger partial charge in [-0.05, 0) is 47.7 Å². The maximum absolute atomic E-state index is 5.24. The molecular formula is C16H16N4O2S. The number of hydrogen-bond donors (Lipinski definition) is 0. The van der Waals surface area contributed by atoms with Gasteiger partial charge in [0, 0.05) is 7.05 Å². The number of ether oxygens (including phenoxy) is 2. The van der Waals surface area contributed by atoms with Crippen LogP contribution in [0.5, 0.6) is 11.5 Å². The Morgan fingerprint density at radius 1 is 0.957 bits per heavy atom. The summed E-state index contributed by atoms with van der Waals surface area (Å²) in [7, 11) is 5.23. The fourth-order valence-electron chi connectivity index (χ4n) is 2.10. The molecule has 118 valence electrons. The molecule has 6 nitrogen and oxygen atoms in total. The first-order valence-electron chi connectivity index (χ1n) is 6.93. The topological polar surface area (TPSA) is 60.5 Å². The van der Waals surface area contributed by atoms with Gasteiger partial charge in [0.2, 0.25) is 4.80 Å². The third kappa shape index (κ3) is 3.24. The molecule has 0 saturated heterocycles. The van der Waals surface area contributed by atoms with Crippen molar-refractivity contribution >= 4 is 27.2 Å². The van der Waals surface area contributed by atoms with Crippen LogP contribution in [0.1, 0.15) is 0 Å². The molecule has 1 heterocycles. The fraction of sp³-hybridized carbons (Fsp3) is 0.188. The summed E-state index contributed by atoms with van der Waals surface area (Å²) < 4.78 is 13.4.